The predicted octanol–water partition coefficient (Wildman–Crippen LogP) is 3.21. The summed E-state index contributed by atoms with van der Waals surface area (Å²) in [4.78, 5) is 15.3. The maximum Gasteiger partial charge on any atom is 0.417 e. The summed E-state index contributed by atoms with van der Waals surface area (Å²) in [5.74, 6) is 0.149. The number of rotatable bonds is 4. The van der Waals surface area contributed by atoms with Crippen LogP contribution in [0.3, 0.4) is 0 Å². The number of hydrogen-bond acceptors (Lipinski definition) is 3. The summed E-state index contributed by atoms with van der Waals surface area (Å²) in [6.45, 7) is 0.185. The average molecular weight is 319 g/mol. The highest BCUT2D eigenvalue weighted by molar-refractivity contribution is 6.31. The van der Waals surface area contributed by atoms with Crippen LogP contribution in [0.25, 0.3) is 0 Å². The van der Waals surface area contributed by atoms with E-state index < -0.39 is 17.6 Å². The van der Waals surface area contributed by atoms with Crippen LogP contribution in [-0.2, 0) is 23.9 Å². The molecule has 0 unspecified atom stereocenters. The van der Waals surface area contributed by atoms with Gasteiger partial charge in [-0.1, -0.05) is 11.6 Å². The zero-order valence-electron chi connectivity index (χ0n) is 10.6. The van der Waals surface area contributed by atoms with E-state index in [1.54, 1.807) is 12.1 Å². The molecule has 2 aromatic rings. The number of furan rings is 1. The van der Waals surface area contributed by atoms with Gasteiger partial charge in [0, 0.05) is 6.20 Å². The molecule has 0 fully saturated rings. The third-order valence-corrected chi connectivity index (χ3v) is 2.94. The molecule has 0 aliphatic carbocycles. The van der Waals surface area contributed by atoms with Crippen LogP contribution < -0.4 is 5.32 Å². The number of carbonyl (C=O) groups is 1. The lowest BCUT2D eigenvalue weighted by molar-refractivity contribution is -0.137. The summed E-state index contributed by atoms with van der Waals surface area (Å²) in [7, 11) is 0. The minimum Gasteiger partial charge on any atom is -0.467 e. The number of amides is 1. The summed E-state index contributed by atoms with van der Waals surface area (Å²) in [6, 6.07) is 4.11. The van der Waals surface area contributed by atoms with Gasteiger partial charge in [0.1, 0.15) is 5.76 Å². The van der Waals surface area contributed by atoms with Crippen LogP contribution in [-0.4, -0.2) is 10.9 Å². The molecule has 21 heavy (non-hydrogen) atoms. The van der Waals surface area contributed by atoms with Crippen molar-refractivity contribution in [3.63, 3.8) is 0 Å². The highest BCUT2D eigenvalue weighted by Gasteiger charge is 2.31. The van der Waals surface area contributed by atoms with Crippen LogP contribution in [0, 0.1) is 0 Å². The summed E-state index contributed by atoms with van der Waals surface area (Å²) in [5, 5.41) is 2.36. The Morgan fingerprint density at radius 1 is 1.43 bits per heavy atom. The number of aromatic nitrogens is 1. The molecule has 0 aliphatic heterocycles. The Hall–Kier alpha value is -2.02. The van der Waals surface area contributed by atoms with Crippen molar-refractivity contribution in [3.8, 4) is 0 Å². The number of halogens is 4. The van der Waals surface area contributed by atoms with Crippen LogP contribution in [0.2, 0.25) is 5.02 Å². The Kier molecular flexibility index (Phi) is 4.52. The van der Waals surface area contributed by atoms with Crippen molar-refractivity contribution < 1.29 is 22.4 Å². The first-order valence-corrected chi connectivity index (χ1v) is 6.25. The molecule has 0 aromatic carbocycles. The van der Waals surface area contributed by atoms with Crippen molar-refractivity contribution in [3.05, 3.63) is 52.7 Å². The zero-order chi connectivity index (χ0) is 15.5. The Bertz CT molecular complexity index is 627. The topological polar surface area (TPSA) is 55.1 Å². The largest absolute Gasteiger partial charge is 0.467 e. The van der Waals surface area contributed by atoms with Crippen LogP contribution in [0.1, 0.15) is 17.0 Å². The normalized spacial score (nSPS) is 11.4. The third kappa shape index (κ3) is 4.22. The summed E-state index contributed by atoms with van der Waals surface area (Å²) >= 11 is 5.72. The van der Waals surface area contributed by atoms with Crippen molar-refractivity contribution in [1.29, 1.82) is 0 Å². The molecule has 4 nitrogen and oxygen atoms in total. The lowest BCUT2D eigenvalue weighted by atomic mass is 10.2. The Balaban J connectivity index is 1.97. The van der Waals surface area contributed by atoms with Crippen molar-refractivity contribution in [2.45, 2.75) is 19.1 Å². The molecule has 8 heteroatoms. The first kappa shape index (κ1) is 15.4. The van der Waals surface area contributed by atoms with Crippen LogP contribution in [0.4, 0.5) is 13.2 Å². The average Bonchev–Trinajstić information content (AvgIpc) is 2.91. The summed E-state index contributed by atoms with van der Waals surface area (Å²) in [6.07, 6.45) is -2.61. The van der Waals surface area contributed by atoms with Gasteiger partial charge < -0.3 is 9.73 Å². The minimum atomic E-state index is -4.52. The van der Waals surface area contributed by atoms with Gasteiger partial charge in [-0.3, -0.25) is 9.78 Å². The molecule has 2 heterocycles. The second-order valence-corrected chi connectivity index (χ2v) is 4.59. The lowest BCUT2D eigenvalue weighted by Gasteiger charge is -2.09. The van der Waals surface area contributed by atoms with Crippen molar-refractivity contribution in [2.24, 2.45) is 0 Å². The maximum absolute atomic E-state index is 12.5. The summed E-state index contributed by atoms with van der Waals surface area (Å²) < 4.78 is 42.4. The van der Waals surface area contributed by atoms with E-state index in [2.05, 4.69) is 10.3 Å². The van der Waals surface area contributed by atoms with E-state index in [4.69, 9.17) is 16.0 Å². The quantitative estimate of drug-likeness (QED) is 0.942. The zero-order valence-corrected chi connectivity index (χ0v) is 11.3. The fourth-order valence-electron chi connectivity index (χ4n) is 1.56. The molecule has 0 spiro atoms. The Morgan fingerprint density at radius 3 is 2.76 bits per heavy atom. The number of alkyl halides is 3. The fraction of sp³-hybridized carbons (Fsp3) is 0.231. The van der Waals surface area contributed by atoms with Crippen LogP contribution in [0.5, 0.6) is 0 Å². The number of nitrogens with zero attached hydrogens (tertiary/aromatic N) is 1. The summed E-state index contributed by atoms with van der Waals surface area (Å²) in [5.41, 5.74) is -0.867. The maximum atomic E-state index is 12.5. The molecule has 0 radical (unpaired) electrons. The SMILES string of the molecule is O=C(Cc1ncc(C(F)(F)F)cc1Cl)NCc1ccco1. The van der Waals surface area contributed by atoms with Crippen molar-refractivity contribution >= 4 is 17.5 Å². The predicted molar refractivity (Wildman–Crippen MR) is 68.5 cm³/mol. The van der Waals surface area contributed by atoms with Gasteiger partial charge in [-0.25, -0.2) is 0 Å². The molecule has 2 rings (SSSR count). The van der Waals surface area contributed by atoms with Gasteiger partial charge >= 0.3 is 6.18 Å². The van der Waals surface area contributed by atoms with Gasteiger partial charge in [0.2, 0.25) is 5.91 Å². The molecule has 1 N–H and O–H groups in total. The minimum absolute atomic E-state index is 0.0848. The molecule has 1 amide bonds. The van der Waals surface area contributed by atoms with E-state index in [9.17, 15) is 18.0 Å². The first-order valence-electron chi connectivity index (χ1n) is 5.87. The highest BCUT2D eigenvalue weighted by Crippen LogP contribution is 2.31. The van der Waals surface area contributed by atoms with E-state index in [-0.39, 0.29) is 23.7 Å². The van der Waals surface area contributed by atoms with E-state index >= 15 is 0 Å². The molecule has 0 saturated heterocycles. The highest BCUT2D eigenvalue weighted by atomic mass is 35.5. The third-order valence-electron chi connectivity index (χ3n) is 2.61. The molecule has 0 atom stereocenters. The van der Waals surface area contributed by atoms with Crippen LogP contribution in [0.15, 0.2) is 35.1 Å². The van der Waals surface area contributed by atoms with E-state index in [0.29, 0.717) is 12.0 Å². The lowest BCUT2D eigenvalue weighted by Crippen LogP contribution is -2.25. The van der Waals surface area contributed by atoms with Gasteiger partial charge in [-0.2, -0.15) is 13.2 Å². The van der Waals surface area contributed by atoms with Gasteiger partial charge in [0.15, 0.2) is 0 Å². The Morgan fingerprint density at radius 2 is 2.19 bits per heavy atom. The molecule has 0 bridgehead atoms. The number of hydrogen-bond donors (Lipinski definition) is 1. The monoisotopic (exact) mass is 318 g/mol. The second-order valence-electron chi connectivity index (χ2n) is 4.18. The van der Waals surface area contributed by atoms with Gasteiger partial charge in [0.05, 0.1) is 35.5 Å². The smallest absolute Gasteiger partial charge is 0.417 e. The molecular weight excluding hydrogens is 309 g/mol. The molecule has 2 aromatic heterocycles. The van der Waals surface area contributed by atoms with Gasteiger partial charge in [-0.15, -0.1) is 0 Å². The number of pyridine rings is 1. The Labute approximate surface area is 122 Å². The van der Waals surface area contributed by atoms with Crippen molar-refractivity contribution in [2.75, 3.05) is 0 Å². The molecule has 112 valence electrons. The first-order chi connectivity index (χ1) is 9.86. The number of carbonyl (C=O) groups excluding carboxylic acids is 1. The standard InChI is InChI=1S/C13H10ClF3N2O2/c14-10-4-8(13(15,16)17)6-18-11(10)5-12(20)19-7-9-2-1-3-21-9/h1-4,6H,5,7H2,(H,19,20). The van der Waals surface area contributed by atoms with Crippen LogP contribution >= 0.6 is 11.6 Å². The van der Waals surface area contributed by atoms with E-state index in [1.807, 2.05) is 0 Å². The molecule has 0 aliphatic rings. The molecule has 0 saturated carbocycles. The van der Waals surface area contributed by atoms with Gasteiger partial charge in [0.25, 0.3) is 0 Å². The van der Waals surface area contributed by atoms with Gasteiger partial charge in [-0.05, 0) is 18.2 Å². The van der Waals surface area contributed by atoms with Crippen molar-refractivity contribution in [1.82, 2.24) is 10.3 Å². The van der Waals surface area contributed by atoms with E-state index in [1.165, 1.54) is 6.26 Å². The number of nitrogens with one attached hydrogen (secondary N) is 1. The fourth-order valence-corrected chi connectivity index (χ4v) is 1.80. The molecular formula is C13H10ClF3N2O2. The van der Waals surface area contributed by atoms with E-state index in [0.717, 1.165) is 6.07 Å². The second kappa shape index (κ2) is 6.17.